The fourth-order valence-electron chi connectivity index (χ4n) is 5.10. The van der Waals surface area contributed by atoms with E-state index < -0.39 is 0 Å². The average molecular weight is 478 g/mol. The monoisotopic (exact) mass is 477 g/mol. The van der Waals surface area contributed by atoms with Gasteiger partial charge in [0.05, 0.1) is 24.7 Å². The maximum Gasteiger partial charge on any atom is 0.227 e. The van der Waals surface area contributed by atoms with Gasteiger partial charge in [0.2, 0.25) is 5.91 Å². The van der Waals surface area contributed by atoms with Gasteiger partial charge in [0.1, 0.15) is 23.9 Å². The molecule has 5 aromatic rings. The van der Waals surface area contributed by atoms with Gasteiger partial charge < -0.3 is 18.9 Å². The molecule has 36 heavy (non-hydrogen) atoms. The van der Waals surface area contributed by atoms with E-state index in [-0.39, 0.29) is 11.8 Å². The molecule has 1 unspecified atom stereocenters. The van der Waals surface area contributed by atoms with Crippen LogP contribution < -0.4 is 14.4 Å². The Balaban J connectivity index is 1.26. The highest BCUT2D eigenvalue weighted by Gasteiger charge is 2.34. The molecule has 1 aliphatic rings. The van der Waals surface area contributed by atoms with Gasteiger partial charge in [-0.25, -0.2) is 4.98 Å². The molecule has 4 aromatic carbocycles. The SMILES string of the molecule is COc1ccc(N2CC(c3nc4ccccc4n3CCOc3cccc4ccccc34)CC2=O)cc1. The number of aromatic nitrogens is 2. The first-order chi connectivity index (χ1) is 17.7. The number of anilines is 1. The number of hydrogen-bond donors (Lipinski definition) is 0. The maximum absolute atomic E-state index is 13.0. The third-order valence-corrected chi connectivity index (χ3v) is 6.88. The molecule has 0 radical (unpaired) electrons. The van der Waals surface area contributed by atoms with E-state index in [1.807, 2.05) is 71.6 Å². The van der Waals surface area contributed by atoms with Gasteiger partial charge in [0.25, 0.3) is 0 Å². The van der Waals surface area contributed by atoms with Gasteiger partial charge in [0.15, 0.2) is 0 Å². The third-order valence-electron chi connectivity index (χ3n) is 6.88. The molecule has 0 aliphatic carbocycles. The number of rotatable bonds is 7. The Kier molecular flexibility index (Phi) is 5.77. The summed E-state index contributed by atoms with van der Waals surface area (Å²) in [5.74, 6) is 2.69. The second kappa shape index (κ2) is 9.38. The number of benzene rings is 4. The Labute approximate surface area is 209 Å². The molecular weight excluding hydrogens is 450 g/mol. The molecular formula is C30H27N3O3. The number of carbonyl (C=O) groups excluding carboxylic acids is 1. The number of methoxy groups -OCH3 is 1. The van der Waals surface area contributed by atoms with Crippen LogP contribution in [0.3, 0.4) is 0 Å². The molecule has 6 rings (SSSR count). The predicted molar refractivity (Wildman–Crippen MR) is 142 cm³/mol. The lowest BCUT2D eigenvalue weighted by atomic mass is 10.1. The molecule has 0 spiro atoms. The van der Waals surface area contributed by atoms with Crippen molar-refractivity contribution < 1.29 is 14.3 Å². The zero-order valence-corrected chi connectivity index (χ0v) is 20.1. The normalized spacial score (nSPS) is 15.6. The topological polar surface area (TPSA) is 56.6 Å². The van der Waals surface area contributed by atoms with Crippen LogP contribution >= 0.6 is 0 Å². The van der Waals surface area contributed by atoms with Crippen LogP contribution in [0.4, 0.5) is 5.69 Å². The quantitative estimate of drug-likeness (QED) is 0.297. The van der Waals surface area contributed by atoms with Gasteiger partial charge in [-0.3, -0.25) is 4.79 Å². The molecule has 2 heterocycles. The molecule has 6 heteroatoms. The second-order valence-electron chi connectivity index (χ2n) is 9.04. The van der Waals surface area contributed by atoms with E-state index in [4.69, 9.17) is 14.5 Å². The van der Waals surface area contributed by atoms with Gasteiger partial charge >= 0.3 is 0 Å². The van der Waals surface area contributed by atoms with E-state index >= 15 is 0 Å². The van der Waals surface area contributed by atoms with Gasteiger partial charge in [-0.1, -0.05) is 48.5 Å². The lowest BCUT2D eigenvalue weighted by Gasteiger charge is -2.18. The number of carbonyl (C=O) groups is 1. The van der Waals surface area contributed by atoms with Crippen molar-refractivity contribution in [3.63, 3.8) is 0 Å². The molecule has 0 N–H and O–H groups in total. The van der Waals surface area contributed by atoms with Crippen LogP contribution in [0.5, 0.6) is 11.5 Å². The van der Waals surface area contributed by atoms with Crippen LogP contribution in [0.15, 0.2) is 91.0 Å². The summed E-state index contributed by atoms with van der Waals surface area (Å²) >= 11 is 0. The molecule has 0 bridgehead atoms. The Morgan fingerprint density at radius 3 is 2.56 bits per heavy atom. The summed E-state index contributed by atoms with van der Waals surface area (Å²) in [7, 11) is 1.64. The van der Waals surface area contributed by atoms with Crippen molar-refractivity contribution >= 4 is 33.4 Å². The minimum atomic E-state index is 0.00422. The van der Waals surface area contributed by atoms with Crippen molar-refractivity contribution in [2.75, 3.05) is 25.2 Å². The number of para-hydroxylation sites is 2. The number of nitrogens with zero attached hydrogens (tertiary/aromatic N) is 3. The highest BCUT2D eigenvalue weighted by molar-refractivity contribution is 5.96. The number of ether oxygens (including phenoxy) is 2. The minimum absolute atomic E-state index is 0.00422. The Morgan fingerprint density at radius 1 is 0.917 bits per heavy atom. The summed E-state index contributed by atoms with van der Waals surface area (Å²) in [4.78, 5) is 19.8. The minimum Gasteiger partial charge on any atom is -0.497 e. The van der Waals surface area contributed by atoms with E-state index in [0.717, 1.165) is 44.8 Å². The molecule has 1 aromatic heterocycles. The molecule has 180 valence electrons. The number of amides is 1. The van der Waals surface area contributed by atoms with E-state index in [0.29, 0.717) is 26.1 Å². The van der Waals surface area contributed by atoms with Gasteiger partial charge in [-0.05, 0) is 47.9 Å². The van der Waals surface area contributed by atoms with Gasteiger partial charge in [-0.2, -0.15) is 0 Å². The summed E-state index contributed by atoms with van der Waals surface area (Å²) < 4.78 is 13.7. The maximum atomic E-state index is 13.0. The van der Waals surface area contributed by atoms with E-state index in [1.165, 1.54) is 0 Å². The Morgan fingerprint density at radius 2 is 1.69 bits per heavy atom. The molecule has 1 aliphatic heterocycles. The second-order valence-corrected chi connectivity index (χ2v) is 9.04. The summed E-state index contributed by atoms with van der Waals surface area (Å²) in [6.45, 7) is 1.75. The number of hydrogen-bond acceptors (Lipinski definition) is 4. The molecule has 1 amide bonds. The molecule has 1 saturated heterocycles. The number of fused-ring (bicyclic) bond motifs is 2. The highest BCUT2D eigenvalue weighted by atomic mass is 16.5. The summed E-state index contributed by atoms with van der Waals surface area (Å²) in [5.41, 5.74) is 2.88. The van der Waals surface area contributed by atoms with Crippen molar-refractivity contribution in [3.05, 3.63) is 96.8 Å². The highest BCUT2D eigenvalue weighted by Crippen LogP contribution is 2.34. The first-order valence-electron chi connectivity index (χ1n) is 12.2. The van der Waals surface area contributed by atoms with Gasteiger partial charge in [-0.15, -0.1) is 0 Å². The largest absolute Gasteiger partial charge is 0.497 e. The molecule has 0 saturated carbocycles. The lowest BCUT2D eigenvalue weighted by molar-refractivity contribution is -0.117. The fraction of sp³-hybridized carbons (Fsp3) is 0.200. The first-order valence-corrected chi connectivity index (χ1v) is 12.2. The van der Waals surface area contributed by atoms with E-state index in [9.17, 15) is 4.79 Å². The van der Waals surface area contributed by atoms with E-state index in [2.05, 4.69) is 28.8 Å². The standard InChI is InChI=1S/C30H27N3O3/c1-35-24-15-13-23(14-16-24)33-20-22(19-29(33)34)30-31-26-10-4-5-11-27(26)32(30)17-18-36-28-12-6-8-21-7-2-3-9-25(21)28/h2-16,22H,17-20H2,1H3. The fourth-order valence-corrected chi connectivity index (χ4v) is 5.10. The smallest absolute Gasteiger partial charge is 0.227 e. The molecule has 1 atom stereocenters. The summed E-state index contributed by atoms with van der Waals surface area (Å²) in [6, 6.07) is 30.1. The van der Waals surface area contributed by atoms with Gasteiger partial charge in [0, 0.05) is 30.0 Å². The van der Waals surface area contributed by atoms with Crippen LogP contribution in [0.1, 0.15) is 18.2 Å². The van der Waals surface area contributed by atoms with Crippen LogP contribution in [0.2, 0.25) is 0 Å². The first kappa shape index (κ1) is 22.2. The molecule has 6 nitrogen and oxygen atoms in total. The summed E-state index contributed by atoms with van der Waals surface area (Å²) in [6.07, 6.45) is 0.430. The number of imidazole rings is 1. The van der Waals surface area contributed by atoms with Crippen molar-refractivity contribution in [1.29, 1.82) is 0 Å². The van der Waals surface area contributed by atoms with Crippen LogP contribution in [0.25, 0.3) is 21.8 Å². The Hall–Kier alpha value is -4.32. The van der Waals surface area contributed by atoms with Crippen LogP contribution in [-0.2, 0) is 11.3 Å². The van der Waals surface area contributed by atoms with Crippen molar-refractivity contribution in [2.45, 2.75) is 18.9 Å². The third kappa shape index (κ3) is 4.05. The zero-order valence-electron chi connectivity index (χ0n) is 20.1. The Bertz CT molecular complexity index is 1540. The summed E-state index contributed by atoms with van der Waals surface area (Å²) in [5, 5.41) is 2.26. The predicted octanol–water partition coefficient (Wildman–Crippen LogP) is 5.80. The van der Waals surface area contributed by atoms with Crippen LogP contribution in [0, 0.1) is 0 Å². The molecule has 1 fully saturated rings. The van der Waals surface area contributed by atoms with Crippen LogP contribution in [-0.4, -0.2) is 35.7 Å². The van der Waals surface area contributed by atoms with Crippen molar-refractivity contribution in [2.24, 2.45) is 0 Å². The van der Waals surface area contributed by atoms with E-state index in [1.54, 1.807) is 7.11 Å². The average Bonchev–Trinajstić information content (AvgIpc) is 3.49. The van der Waals surface area contributed by atoms with Crippen molar-refractivity contribution in [1.82, 2.24) is 9.55 Å². The van der Waals surface area contributed by atoms with Crippen molar-refractivity contribution in [3.8, 4) is 11.5 Å². The lowest BCUT2D eigenvalue weighted by Crippen LogP contribution is -2.24. The zero-order chi connectivity index (χ0) is 24.5.